The summed E-state index contributed by atoms with van der Waals surface area (Å²) in [5, 5.41) is 9.34. The van der Waals surface area contributed by atoms with E-state index in [1.807, 2.05) is 25.1 Å². The Labute approximate surface area is 123 Å². The number of hydrogen-bond acceptors (Lipinski definition) is 3. The predicted octanol–water partition coefficient (Wildman–Crippen LogP) is 2.16. The smallest absolute Gasteiger partial charge is 0.311 e. The summed E-state index contributed by atoms with van der Waals surface area (Å²) >= 11 is 0. The van der Waals surface area contributed by atoms with E-state index >= 15 is 0 Å². The molecule has 2 aliphatic heterocycles. The largest absolute Gasteiger partial charge is 0.481 e. The Morgan fingerprint density at radius 1 is 1.38 bits per heavy atom. The van der Waals surface area contributed by atoms with Gasteiger partial charge in [-0.3, -0.25) is 9.59 Å². The number of carboxylic acid groups (broad SMARTS) is 1. The van der Waals surface area contributed by atoms with E-state index in [0.29, 0.717) is 37.2 Å². The molecule has 2 unspecified atom stereocenters. The van der Waals surface area contributed by atoms with Gasteiger partial charge in [-0.05, 0) is 37.8 Å². The predicted molar refractivity (Wildman–Crippen MR) is 77.4 cm³/mol. The van der Waals surface area contributed by atoms with Gasteiger partial charge < -0.3 is 14.7 Å². The molecular weight excluding hydrogens is 270 g/mol. The van der Waals surface area contributed by atoms with Crippen molar-refractivity contribution in [1.82, 2.24) is 0 Å². The first-order valence-corrected chi connectivity index (χ1v) is 7.30. The van der Waals surface area contributed by atoms with E-state index in [9.17, 15) is 14.7 Å². The summed E-state index contributed by atoms with van der Waals surface area (Å²) in [7, 11) is 0. The van der Waals surface area contributed by atoms with Crippen molar-refractivity contribution in [1.29, 1.82) is 0 Å². The van der Waals surface area contributed by atoms with Crippen LogP contribution >= 0.6 is 0 Å². The zero-order valence-corrected chi connectivity index (χ0v) is 12.0. The highest BCUT2D eigenvalue weighted by molar-refractivity contribution is 6.01. The van der Waals surface area contributed by atoms with Gasteiger partial charge in [0.15, 0.2) is 0 Å². The summed E-state index contributed by atoms with van der Waals surface area (Å²) in [4.78, 5) is 25.9. The molecule has 0 saturated carbocycles. The van der Waals surface area contributed by atoms with Crippen LogP contribution < -0.4 is 4.90 Å². The van der Waals surface area contributed by atoms with Gasteiger partial charge in [-0.2, -0.15) is 0 Å². The van der Waals surface area contributed by atoms with E-state index in [1.165, 1.54) is 0 Å². The molecular formula is C16H19NO4. The van der Waals surface area contributed by atoms with Gasteiger partial charge in [0.2, 0.25) is 0 Å². The number of carbonyl (C=O) groups excluding carboxylic acids is 1. The van der Waals surface area contributed by atoms with Crippen molar-refractivity contribution in [3.05, 3.63) is 29.8 Å². The maximum Gasteiger partial charge on any atom is 0.311 e. The van der Waals surface area contributed by atoms with Crippen molar-refractivity contribution < 1.29 is 19.4 Å². The van der Waals surface area contributed by atoms with E-state index in [4.69, 9.17) is 4.74 Å². The molecule has 1 fully saturated rings. The Morgan fingerprint density at radius 2 is 2.14 bits per heavy atom. The Morgan fingerprint density at radius 3 is 2.81 bits per heavy atom. The monoisotopic (exact) mass is 289 g/mol. The topological polar surface area (TPSA) is 66.8 Å². The number of carboxylic acids is 1. The number of aliphatic carboxylic acids is 1. The third-order valence-electron chi connectivity index (χ3n) is 4.46. The molecule has 112 valence electrons. The zero-order valence-electron chi connectivity index (χ0n) is 12.0. The molecule has 0 bridgehead atoms. The molecule has 1 amide bonds. The molecule has 21 heavy (non-hydrogen) atoms. The van der Waals surface area contributed by atoms with Gasteiger partial charge in [-0.25, -0.2) is 0 Å². The molecule has 0 radical (unpaired) electrons. The van der Waals surface area contributed by atoms with Crippen LogP contribution in [0.4, 0.5) is 5.69 Å². The lowest BCUT2D eigenvalue weighted by Gasteiger charge is -2.36. The second-order valence-electron chi connectivity index (χ2n) is 5.88. The second-order valence-corrected chi connectivity index (χ2v) is 5.88. The number of hydrogen-bond donors (Lipinski definition) is 1. The van der Waals surface area contributed by atoms with Crippen molar-refractivity contribution in [3.63, 3.8) is 0 Å². The first-order valence-electron chi connectivity index (χ1n) is 7.30. The maximum atomic E-state index is 12.8. The number of ether oxygens (including phenoxy) is 1. The van der Waals surface area contributed by atoms with Gasteiger partial charge in [0.05, 0.1) is 5.92 Å². The van der Waals surface area contributed by atoms with Crippen molar-refractivity contribution in [2.75, 3.05) is 18.1 Å². The van der Waals surface area contributed by atoms with E-state index in [2.05, 4.69) is 0 Å². The molecule has 2 atom stereocenters. The first kappa shape index (κ1) is 14.1. The van der Waals surface area contributed by atoms with Gasteiger partial charge >= 0.3 is 5.97 Å². The fraction of sp³-hybridized carbons (Fsp3) is 0.500. The number of amides is 1. The van der Waals surface area contributed by atoms with Crippen LogP contribution in [-0.2, 0) is 14.3 Å². The molecule has 1 aromatic rings. The van der Waals surface area contributed by atoms with Crippen LogP contribution in [0.25, 0.3) is 0 Å². The fourth-order valence-corrected chi connectivity index (χ4v) is 3.26. The Bertz CT molecular complexity index is 577. The minimum atomic E-state index is -0.835. The van der Waals surface area contributed by atoms with E-state index in [-0.39, 0.29) is 5.91 Å². The molecule has 3 rings (SSSR count). The summed E-state index contributed by atoms with van der Waals surface area (Å²) in [6.45, 7) is 2.86. The molecule has 5 nitrogen and oxygen atoms in total. The maximum absolute atomic E-state index is 12.8. The average Bonchev–Trinajstić information content (AvgIpc) is 2.93. The molecule has 0 aromatic heterocycles. The van der Waals surface area contributed by atoms with E-state index in [0.717, 1.165) is 6.42 Å². The summed E-state index contributed by atoms with van der Waals surface area (Å²) in [5.41, 5.74) is 0.646. The quantitative estimate of drug-likeness (QED) is 0.906. The highest BCUT2D eigenvalue weighted by Gasteiger charge is 2.43. The summed E-state index contributed by atoms with van der Waals surface area (Å²) in [6.07, 6.45) is 2.04. The Kier molecular flexibility index (Phi) is 3.45. The number of anilines is 1. The van der Waals surface area contributed by atoms with Gasteiger partial charge in [0.1, 0.15) is 5.60 Å². The normalized spacial score (nSPS) is 28.2. The van der Waals surface area contributed by atoms with E-state index in [1.54, 1.807) is 11.0 Å². The highest BCUT2D eigenvalue weighted by Crippen LogP contribution is 2.38. The zero-order chi connectivity index (χ0) is 15.0. The lowest BCUT2D eigenvalue weighted by atomic mass is 9.88. The van der Waals surface area contributed by atoms with Crippen LogP contribution in [-0.4, -0.2) is 35.7 Å². The number of para-hydroxylation sites is 1. The van der Waals surface area contributed by atoms with Gasteiger partial charge in [-0.15, -0.1) is 0 Å². The molecule has 0 spiro atoms. The SMILES string of the molecule is CC1(C(=O)N2CCC(C(=O)O)c3ccccc32)CCCO1. The van der Waals surface area contributed by atoms with Crippen LogP contribution in [0.2, 0.25) is 0 Å². The number of nitrogens with zero attached hydrogens (tertiary/aromatic N) is 1. The molecule has 2 heterocycles. The lowest BCUT2D eigenvalue weighted by molar-refractivity contribution is -0.140. The molecule has 5 heteroatoms. The van der Waals surface area contributed by atoms with Crippen LogP contribution in [0.1, 0.15) is 37.7 Å². The van der Waals surface area contributed by atoms with Crippen molar-refractivity contribution in [2.45, 2.75) is 37.7 Å². The van der Waals surface area contributed by atoms with Crippen LogP contribution in [0, 0.1) is 0 Å². The Balaban J connectivity index is 1.96. The number of carbonyl (C=O) groups is 2. The van der Waals surface area contributed by atoms with Crippen molar-refractivity contribution >= 4 is 17.6 Å². The van der Waals surface area contributed by atoms with Crippen LogP contribution in [0.5, 0.6) is 0 Å². The molecule has 2 aliphatic rings. The molecule has 1 saturated heterocycles. The van der Waals surface area contributed by atoms with Gasteiger partial charge in [0, 0.05) is 18.8 Å². The third kappa shape index (κ3) is 2.31. The number of fused-ring (bicyclic) bond motifs is 1. The minimum absolute atomic E-state index is 0.0590. The molecule has 1 aromatic carbocycles. The number of rotatable bonds is 2. The molecule has 0 aliphatic carbocycles. The summed E-state index contributed by atoms with van der Waals surface area (Å²) in [5.74, 6) is -1.43. The van der Waals surface area contributed by atoms with E-state index < -0.39 is 17.5 Å². The van der Waals surface area contributed by atoms with Gasteiger partial charge in [0.25, 0.3) is 5.91 Å². The van der Waals surface area contributed by atoms with Gasteiger partial charge in [-0.1, -0.05) is 18.2 Å². The lowest BCUT2D eigenvalue weighted by Crippen LogP contribution is -2.49. The number of benzene rings is 1. The van der Waals surface area contributed by atoms with Crippen molar-refractivity contribution in [2.24, 2.45) is 0 Å². The highest BCUT2D eigenvalue weighted by atomic mass is 16.5. The fourth-order valence-electron chi connectivity index (χ4n) is 3.26. The van der Waals surface area contributed by atoms with Crippen LogP contribution in [0.3, 0.4) is 0 Å². The second kappa shape index (κ2) is 5.15. The summed E-state index contributed by atoms with van der Waals surface area (Å²) < 4.78 is 5.64. The minimum Gasteiger partial charge on any atom is -0.481 e. The standard InChI is InChI=1S/C16H19NO4/c1-16(8-4-10-21-16)15(20)17-9-7-12(14(18)19)11-5-2-3-6-13(11)17/h2-3,5-6,12H,4,7-10H2,1H3,(H,18,19). The summed E-state index contributed by atoms with van der Waals surface area (Å²) in [6, 6.07) is 7.27. The average molecular weight is 289 g/mol. The van der Waals surface area contributed by atoms with Crippen LogP contribution in [0.15, 0.2) is 24.3 Å². The Hall–Kier alpha value is -1.88. The first-order chi connectivity index (χ1) is 10.0. The third-order valence-corrected chi connectivity index (χ3v) is 4.46. The molecule has 1 N–H and O–H groups in total. The van der Waals surface area contributed by atoms with Crippen molar-refractivity contribution in [3.8, 4) is 0 Å².